The van der Waals surface area contributed by atoms with Gasteiger partial charge in [-0.25, -0.2) is 0 Å². The number of hydrogen-bond donors (Lipinski definition) is 3. The summed E-state index contributed by atoms with van der Waals surface area (Å²) in [5.41, 5.74) is 1.56. The van der Waals surface area contributed by atoms with Crippen molar-refractivity contribution in [1.82, 2.24) is 0 Å². The van der Waals surface area contributed by atoms with Crippen LogP contribution < -0.4 is 4.74 Å². The lowest BCUT2D eigenvalue weighted by atomic mass is 10.0. The SMILES string of the molecule is OCC(O)C(O)c1cccc(OCc2ccccc2)c1. The topological polar surface area (TPSA) is 69.9 Å². The molecule has 0 fully saturated rings. The van der Waals surface area contributed by atoms with Gasteiger partial charge in [-0.3, -0.25) is 0 Å². The number of ether oxygens (including phenoxy) is 1. The number of aliphatic hydroxyl groups excluding tert-OH is 3. The molecule has 2 rings (SSSR count). The van der Waals surface area contributed by atoms with Crippen LogP contribution in [-0.2, 0) is 6.61 Å². The first-order valence-electron chi connectivity index (χ1n) is 6.44. The van der Waals surface area contributed by atoms with Crippen LogP contribution in [0.5, 0.6) is 5.75 Å². The van der Waals surface area contributed by atoms with E-state index in [4.69, 9.17) is 9.84 Å². The third-order valence-electron chi connectivity index (χ3n) is 3.00. The maximum absolute atomic E-state index is 9.83. The molecule has 0 spiro atoms. The molecule has 3 N–H and O–H groups in total. The van der Waals surface area contributed by atoms with E-state index in [9.17, 15) is 10.2 Å². The van der Waals surface area contributed by atoms with Crippen molar-refractivity contribution >= 4 is 0 Å². The molecule has 0 aromatic heterocycles. The van der Waals surface area contributed by atoms with E-state index in [0.717, 1.165) is 5.56 Å². The molecule has 2 aromatic rings. The molecule has 0 aliphatic carbocycles. The van der Waals surface area contributed by atoms with E-state index >= 15 is 0 Å². The van der Waals surface area contributed by atoms with Gasteiger partial charge >= 0.3 is 0 Å². The Bertz CT molecular complexity index is 527. The zero-order chi connectivity index (χ0) is 14.4. The zero-order valence-electron chi connectivity index (χ0n) is 11.0. The summed E-state index contributed by atoms with van der Waals surface area (Å²) >= 11 is 0. The summed E-state index contributed by atoms with van der Waals surface area (Å²) < 4.78 is 5.64. The molecule has 2 aromatic carbocycles. The minimum atomic E-state index is -1.20. The predicted octanol–water partition coefficient (Wildman–Crippen LogP) is 1.65. The van der Waals surface area contributed by atoms with Crippen molar-refractivity contribution in [3.8, 4) is 5.75 Å². The summed E-state index contributed by atoms with van der Waals surface area (Å²) in [6.45, 7) is -0.0563. The van der Waals surface area contributed by atoms with E-state index in [1.807, 2.05) is 30.3 Å². The van der Waals surface area contributed by atoms with Gasteiger partial charge in [0.1, 0.15) is 24.6 Å². The summed E-state index contributed by atoms with van der Waals surface area (Å²) in [6, 6.07) is 16.6. The summed E-state index contributed by atoms with van der Waals surface area (Å²) in [6.07, 6.45) is -2.32. The van der Waals surface area contributed by atoms with Gasteiger partial charge in [0.15, 0.2) is 0 Å². The second-order valence-corrected chi connectivity index (χ2v) is 4.54. The predicted molar refractivity (Wildman–Crippen MR) is 75.3 cm³/mol. The molecule has 0 heterocycles. The van der Waals surface area contributed by atoms with Crippen molar-refractivity contribution in [3.05, 3.63) is 65.7 Å². The Hall–Kier alpha value is -1.88. The van der Waals surface area contributed by atoms with Crippen LogP contribution in [0.2, 0.25) is 0 Å². The first kappa shape index (κ1) is 14.5. The molecule has 2 atom stereocenters. The number of aliphatic hydroxyl groups is 3. The van der Waals surface area contributed by atoms with Crippen LogP contribution in [0.3, 0.4) is 0 Å². The van der Waals surface area contributed by atoms with E-state index in [1.165, 1.54) is 0 Å². The first-order chi connectivity index (χ1) is 9.70. The highest BCUT2D eigenvalue weighted by atomic mass is 16.5. The van der Waals surface area contributed by atoms with Gasteiger partial charge < -0.3 is 20.1 Å². The van der Waals surface area contributed by atoms with Crippen LogP contribution in [-0.4, -0.2) is 28.0 Å². The molecule has 4 nitrogen and oxygen atoms in total. The molecule has 4 heteroatoms. The van der Waals surface area contributed by atoms with E-state index in [-0.39, 0.29) is 0 Å². The largest absolute Gasteiger partial charge is 0.489 e. The van der Waals surface area contributed by atoms with Crippen LogP contribution in [0.4, 0.5) is 0 Å². The molecule has 0 aliphatic rings. The second kappa shape index (κ2) is 7.05. The van der Waals surface area contributed by atoms with Gasteiger partial charge in [0.25, 0.3) is 0 Å². The fraction of sp³-hybridized carbons (Fsp3) is 0.250. The van der Waals surface area contributed by atoms with Crippen molar-refractivity contribution in [2.24, 2.45) is 0 Å². The van der Waals surface area contributed by atoms with Crippen LogP contribution >= 0.6 is 0 Å². The van der Waals surface area contributed by atoms with Crippen molar-refractivity contribution < 1.29 is 20.1 Å². The zero-order valence-corrected chi connectivity index (χ0v) is 11.0. The Labute approximate surface area is 117 Å². The van der Waals surface area contributed by atoms with Gasteiger partial charge in [0.2, 0.25) is 0 Å². The maximum Gasteiger partial charge on any atom is 0.120 e. The third kappa shape index (κ3) is 3.81. The van der Waals surface area contributed by atoms with E-state index in [0.29, 0.717) is 17.9 Å². The van der Waals surface area contributed by atoms with Crippen LogP contribution in [0.1, 0.15) is 17.2 Å². The smallest absolute Gasteiger partial charge is 0.120 e. The van der Waals surface area contributed by atoms with Crippen LogP contribution in [0.25, 0.3) is 0 Å². The van der Waals surface area contributed by atoms with Crippen LogP contribution in [0, 0.1) is 0 Å². The fourth-order valence-corrected chi connectivity index (χ4v) is 1.85. The van der Waals surface area contributed by atoms with Gasteiger partial charge in [0, 0.05) is 0 Å². The Morgan fingerprint density at radius 3 is 2.40 bits per heavy atom. The van der Waals surface area contributed by atoms with Gasteiger partial charge in [-0.1, -0.05) is 42.5 Å². The second-order valence-electron chi connectivity index (χ2n) is 4.54. The van der Waals surface area contributed by atoms with E-state index in [1.54, 1.807) is 24.3 Å². The van der Waals surface area contributed by atoms with E-state index < -0.39 is 18.8 Å². The minimum Gasteiger partial charge on any atom is -0.489 e. The molecule has 0 aliphatic heterocycles. The molecular formula is C16H18O4. The summed E-state index contributed by atoms with van der Waals surface area (Å²) in [4.78, 5) is 0. The normalized spacial score (nSPS) is 13.8. The standard InChI is InChI=1S/C16H18O4/c17-10-15(18)16(19)13-7-4-8-14(9-13)20-11-12-5-2-1-3-6-12/h1-9,15-19H,10-11H2. The molecule has 106 valence electrons. The van der Waals surface area contributed by atoms with Crippen LogP contribution in [0.15, 0.2) is 54.6 Å². The molecule has 0 amide bonds. The molecule has 0 saturated carbocycles. The van der Waals surface area contributed by atoms with Gasteiger partial charge in [-0.2, -0.15) is 0 Å². The summed E-state index contributed by atoms with van der Waals surface area (Å²) in [7, 11) is 0. The molecular weight excluding hydrogens is 256 g/mol. The first-order valence-corrected chi connectivity index (χ1v) is 6.44. The molecule has 0 saturated heterocycles. The fourth-order valence-electron chi connectivity index (χ4n) is 1.85. The Kier molecular flexibility index (Phi) is 5.12. The van der Waals surface area contributed by atoms with Gasteiger partial charge in [-0.15, -0.1) is 0 Å². The number of benzene rings is 2. The molecule has 0 radical (unpaired) electrons. The minimum absolute atomic E-state index is 0.433. The highest BCUT2D eigenvalue weighted by Crippen LogP contribution is 2.22. The Morgan fingerprint density at radius 1 is 0.950 bits per heavy atom. The van der Waals surface area contributed by atoms with Crippen molar-refractivity contribution in [2.45, 2.75) is 18.8 Å². The molecule has 0 bridgehead atoms. The lowest BCUT2D eigenvalue weighted by molar-refractivity contribution is -0.0153. The lowest BCUT2D eigenvalue weighted by Gasteiger charge is -2.16. The summed E-state index contributed by atoms with van der Waals surface area (Å²) in [5, 5.41) is 28.1. The Balaban J connectivity index is 2.03. The number of rotatable bonds is 6. The average molecular weight is 274 g/mol. The van der Waals surface area contributed by atoms with Gasteiger partial charge in [0.05, 0.1) is 6.61 Å². The highest BCUT2D eigenvalue weighted by molar-refractivity contribution is 5.30. The van der Waals surface area contributed by atoms with Crippen molar-refractivity contribution in [2.75, 3.05) is 6.61 Å². The summed E-state index contributed by atoms with van der Waals surface area (Å²) in [5.74, 6) is 0.607. The third-order valence-corrected chi connectivity index (χ3v) is 3.00. The van der Waals surface area contributed by atoms with Crippen molar-refractivity contribution in [3.63, 3.8) is 0 Å². The molecule has 20 heavy (non-hydrogen) atoms. The average Bonchev–Trinajstić information content (AvgIpc) is 2.52. The molecule has 2 unspecified atom stereocenters. The van der Waals surface area contributed by atoms with E-state index in [2.05, 4.69) is 0 Å². The van der Waals surface area contributed by atoms with Crippen molar-refractivity contribution in [1.29, 1.82) is 0 Å². The monoisotopic (exact) mass is 274 g/mol. The quantitative estimate of drug-likeness (QED) is 0.749. The Morgan fingerprint density at radius 2 is 1.70 bits per heavy atom. The number of hydrogen-bond acceptors (Lipinski definition) is 4. The lowest BCUT2D eigenvalue weighted by Crippen LogP contribution is -2.21. The highest BCUT2D eigenvalue weighted by Gasteiger charge is 2.17. The van der Waals surface area contributed by atoms with Gasteiger partial charge in [-0.05, 0) is 23.3 Å². The maximum atomic E-state index is 9.83.